The molecule has 25 heavy (non-hydrogen) atoms. The summed E-state index contributed by atoms with van der Waals surface area (Å²) < 4.78 is 18.5. The van der Waals surface area contributed by atoms with Crippen LogP contribution in [0.2, 0.25) is 0 Å². The van der Waals surface area contributed by atoms with Gasteiger partial charge in [-0.25, -0.2) is 4.39 Å². The molecule has 3 rings (SSSR count). The average Bonchev–Trinajstić information content (AvgIpc) is 2.89. The summed E-state index contributed by atoms with van der Waals surface area (Å²) in [6.07, 6.45) is -0.178. The number of nitrogens with zero attached hydrogens (tertiary/aromatic N) is 1. The smallest absolute Gasteiger partial charge is 0.311 e. The number of carbonyl (C=O) groups excluding carboxylic acids is 2. The summed E-state index contributed by atoms with van der Waals surface area (Å²) in [4.78, 5) is 26.5. The van der Waals surface area contributed by atoms with Gasteiger partial charge in [-0.3, -0.25) is 9.59 Å². The summed E-state index contributed by atoms with van der Waals surface area (Å²) in [6, 6.07) is 13.5. The minimum absolute atomic E-state index is 0.0225. The van der Waals surface area contributed by atoms with E-state index in [0.717, 1.165) is 17.7 Å². The monoisotopic (exact) mass is 341 g/mol. The minimum Gasteiger partial charge on any atom is -0.452 e. The number of hydrogen-bond donors (Lipinski definition) is 0. The lowest BCUT2D eigenvalue weighted by atomic mass is 10.1. The van der Waals surface area contributed by atoms with E-state index < -0.39 is 17.9 Å². The molecule has 4 nitrogen and oxygen atoms in total. The number of halogens is 1. The predicted octanol–water partition coefficient (Wildman–Crippen LogP) is 3.28. The standard InChI is InChI=1S/C20H20FNO3/c1-13-10-16-7-3-4-9-18(16)22(13)20(24)14(2)25-19(23)12-15-6-5-8-17(21)11-15/h3-9,11,13-14H,10,12H2,1-2H3/t13-,14-/m1/s1. The lowest BCUT2D eigenvalue weighted by Gasteiger charge is -2.26. The van der Waals surface area contributed by atoms with Crippen molar-refractivity contribution in [2.75, 3.05) is 4.90 Å². The summed E-state index contributed by atoms with van der Waals surface area (Å²) in [5.41, 5.74) is 2.50. The fourth-order valence-electron chi connectivity index (χ4n) is 3.20. The Labute approximate surface area is 146 Å². The number of anilines is 1. The fourth-order valence-corrected chi connectivity index (χ4v) is 3.20. The Hall–Kier alpha value is -2.69. The van der Waals surface area contributed by atoms with Crippen LogP contribution in [0.4, 0.5) is 10.1 Å². The lowest BCUT2D eigenvalue weighted by molar-refractivity contribution is -0.153. The highest BCUT2D eigenvalue weighted by atomic mass is 19.1. The summed E-state index contributed by atoms with van der Waals surface area (Å²) >= 11 is 0. The van der Waals surface area contributed by atoms with Crippen LogP contribution in [0, 0.1) is 5.82 Å². The zero-order valence-electron chi connectivity index (χ0n) is 14.2. The molecule has 0 fully saturated rings. The van der Waals surface area contributed by atoms with Crippen molar-refractivity contribution in [2.45, 2.75) is 38.8 Å². The molecule has 0 unspecified atom stereocenters. The van der Waals surface area contributed by atoms with Crippen molar-refractivity contribution in [3.8, 4) is 0 Å². The normalized spacial score (nSPS) is 17.1. The van der Waals surface area contributed by atoms with Gasteiger partial charge in [-0.2, -0.15) is 0 Å². The summed E-state index contributed by atoms with van der Waals surface area (Å²) in [5, 5.41) is 0. The fraction of sp³-hybridized carbons (Fsp3) is 0.300. The predicted molar refractivity (Wildman–Crippen MR) is 92.8 cm³/mol. The molecule has 0 saturated heterocycles. The third kappa shape index (κ3) is 3.71. The Balaban J connectivity index is 1.66. The highest BCUT2D eigenvalue weighted by Crippen LogP contribution is 2.32. The number of fused-ring (bicyclic) bond motifs is 1. The first-order chi connectivity index (χ1) is 12.0. The van der Waals surface area contributed by atoms with Gasteiger partial charge in [0.25, 0.3) is 5.91 Å². The molecule has 130 valence electrons. The van der Waals surface area contributed by atoms with Crippen molar-refractivity contribution in [2.24, 2.45) is 0 Å². The minimum atomic E-state index is -0.894. The van der Waals surface area contributed by atoms with Gasteiger partial charge in [0, 0.05) is 11.7 Å². The third-order valence-corrected chi connectivity index (χ3v) is 4.34. The van der Waals surface area contributed by atoms with E-state index in [1.807, 2.05) is 31.2 Å². The number of amides is 1. The molecule has 2 aromatic rings. The number of para-hydroxylation sites is 1. The molecule has 0 N–H and O–H groups in total. The molecule has 5 heteroatoms. The van der Waals surface area contributed by atoms with E-state index in [4.69, 9.17) is 4.74 Å². The second-order valence-electron chi connectivity index (χ2n) is 6.33. The van der Waals surface area contributed by atoms with Gasteiger partial charge < -0.3 is 9.64 Å². The molecule has 1 heterocycles. The van der Waals surface area contributed by atoms with Gasteiger partial charge in [0.1, 0.15) is 5.82 Å². The summed E-state index contributed by atoms with van der Waals surface area (Å²) in [6.45, 7) is 3.54. The van der Waals surface area contributed by atoms with E-state index in [-0.39, 0.29) is 18.4 Å². The molecule has 2 atom stereocenters. The SMILES string of the molecule is C[C@@H]1Cc2ccccc2N1C(=O)[C@@H](C)OC(=O)Cc1cccc(F)c1. The van der Waals surface area contributed by atoms with Crippen molar-refractivity contribution < 1.29 is 18.7 Å². The van der Waals surface area contributed by atoms with Crippen molar-refractivity contribution in [3.63, 3.8) is 0 Å². The van der Waals surface area contributed by atoms with Crippen LogP contribution in [0.25, 0.3) is 0 Å². The van der Waals surface area contributed by atoms with Crippen LogP contribution in [-0.2, 0) is 27.2 Å². The van der Waals surface area contributed by atoms with Crippen LogP contribution in [0.1, 0.15) is 25.0 Å². The number of carbonyl (C=O) groups is 2. The highest BCUT2D eigenvalue weighted by molar-refractivity contribution is 5.99. The number of benzene rings is 2. The number of hydrogen-bond acceptors (Lipinski definition) is 3. The van der Waals surface area contributed by atoms with Crippen LogP contribution >= 0.6 is 0 Å². The Kier molecular flexibility index (Phi) is 4.83. The molecule has 2 aromatic carbocycles. The molecule has 0 aromatic heterocycles. The molecule has 1 aliphatic rings. The Morgan fingerprint density at radius 1 is 1.24 bits per heavy atom. The van der Waals surface area contributed by atoms with E-state index in [0.29, 0.717) is 5.56 Å². The first-order valence-electron chi connectivity index (χ1n) is 8.30. The number of esters is 1. The Morgan fingerprint density at radius 2 is 2.00 bits per heavy atom. The molecule has 0 aliphatic carbocycles. The van der Waals surface area contributed by atoms with Crippen LogP contribution in [0.5, 0.6) is 0 Å². The lowest BCUT2D eigenvalue weighted by Crippen LogP contribution is -2.43. The zero-order valence-corrected chi connectivity index (χ0v) is 14.2. The van der Waals surface area contributed by atoms with Crippen molar-refractivity contribution in [3.05, 3.63) is 65.5 Å². The second kappa shape index (κ2) is 7.05. The van der Waals surface area contributed by atoms with Gasteiger partial charge >= 0.3 is 5.97 Å². The van der Waals surface area contributed by atoms with E-state index in [9.17, 15) is 14.0 Å². The molecule has 1 aliphatic heterocycles. The van der Waals surface area contributed by atoms with E-state index in [2.05, 4.69) is 0 Å². The maximum Gasteiger partial charge on any atom is 0.311 e. The quantitative estimate of drug-likeness (QED) is 0.802. The van der Waals surface area contributed by atoms with E-state index in [1.54, 1.807) is 17.9 Å². The van der Waals surface area contributed by atoms with Gasteiger partial charge in [-0.15, -0.1) is 0 Å². The van der Waals surface area contributed by atoms with Crippen LogP contribution in [-0.4, -0.2) is 24.0 Å². The highest BCUT2D eigenvalue weighted by Gasteiger charge is 2.34. The Bertz CT molecular complexity index is 805. The molecule has 1 amide bonds. The zero-order chi connectivity index (χ0) is 18.0. The van der Waals surface area contributed by atoms with Gasteiger partial charge in [0.2, 0.25) is 0 Å². The molecule has 0 bridgehead atoms. The first-order valence-corrected chi connectivity index (χ1v) is 8.30. The van der Waals surface area contributed by atoms with E-state index >= 15 is 0 Å². The summed E-state index contributed by atoms with van der Waals surface area (Å²) in [7, 11) is 0. The third-order valence-electron chi connectivity index (χ3n) is 4.34. The van der Waals surface area contributed by atoms with E-state index in [1.165, 1.54) is 18.2 Å². The van der Waals surface area contributed by atoms with Gasteiger partial charge in [0.15, 0.2) is 6.10 Å². The topological polar surface area (TPSA) is 46.6 Å². The van der Waals surface area contributed by atoms with Crippen LogP contribution in [0.15, 0.2) is 48.5 Å². The number of ether oxygens (including phenoxy) is 1. The van der Waals surface area contributed by atoms with Crippen LogP contribution in [0.3, 0.4) is 0 Å². The second-order valence-corrected chi connectivity index (χ2v) is 6.33. The molecular weight excluding hydrogens is 321 g/mol. The Morgan fingerprint density at radius 3 is 2.76 bits per heavy atom. The average molecular weight is 341 g/mol. The maximum absolute atomic E-state index is 13.2. The number of rotatable bonds is 4. The van der Waals surface area contributed by atoms with Gasteiger partial charge in [0.05, 0.1) is 6.42 Å². The molecule has 0 radical (unpaired) electrons. The van der Waals surface area contributed by atoms with Crippen LogP contribution < -0.4 is 4.90 Å². The molecule has 0 spiro atoms. The first kappa shape index (κ1) is 17.1. The summed E-state index contributed by atoms with van der Waals surface area (Å²) in [5.74, 6) is -1.20. The molecular formula is C20H20FNO3. The van der Waals surface area contributed by atoms with Crippen molar-refractivity contribution in [1.29, 1.82) is 0 Å². The molecule has 0 saturated carbocycles. The maximum atomic E-state index is 13.2. The van der Waals surface area contributed by atoms with Gasteiger partial charge in [-0.1, -0.05) is 30.3 Å². The van der Waals surface area contributed by atoms with Crippen molar-refractivity contribution in [1.82, 2.24) is 0 Å². The van der Waals surface area contributed by atoms with Gasteiger partial charge in [-0.05, 0) is 49.6 Å². The van der Waals surface area contributed by atoms with Crippen molar-refractivity contribution >= 4 is 17.6 Å². The largest absolute Gasteiger partial charge is 0.452 e.